The minimum atomic E-state index is -0.514. The van der Waals surface area contributed by atoms with Gasteiger partial charge in [0.25, 0.3) is 0 Å². The standard InChI is InChI=1S/C24H36N4O/c25-19-10-12-20(13-11-19)27-24(29)22(26)14-18-16-28(15-17-6-2-1-3-7-17)23-9-5-4-8-21(18)23/h4-5,8-9,16-17,19-20,22H,1-3,6-7,10-15,25-26H2,(H,27,29)/t19-,20-,22-/m0/s1. The van der Waals surface area contributed by atoms with Crippen LogP contribution in [0.3, 0.4) is 0 Å². The van der Waals surface area contributed by atoms with Crippen molar-refractivity contribution in [2.45, 2.75) is 88.9 Å². The van der Waals surface area contributed by atoms with Crippen LogP contribution in [0.4, 0.5) is 0 Å². The molecule has 0 spiro atoms. The number of nitrogens with two attached hydrogens (primary N) is 2. The van der Waals surface area contributed by atoms with Crippen molar-refractivity contribution in [3.05, 3.63) is 36.0 Å². The van der Waals surface area contributed by atoms with Crippen molar-refractivity contribution >= 4 is 16.8 Å². The highest BCUT2D eigenvalue weighted by atomic mass is 16.2. The zero-order chi connectivity index (χ0) is 20.2. The van der Waals surface area contributed by atoms with Crippen molar-refractivity contribution in [1.82, 2.24) is 9.88 Å². The predicted molar refractivity (Wildman–Crippen MR) is 119 cm³/mol. The molecule has 2 fully saturated rings. The lowest BCUT2D eigenvalue weighted by molar-refractivity contribution is -0.123. The highest BCUT2D eigenvalue weighted by Crippen LogP contribution is 2.29. The summed E-state index contributed by atoms with van der Waals surface area (Å²) in [6.07, 6.45) is 13.4. The first-order valence-corrected chi connectivity index (χ1v) is 11.5. The SMILES string of the molecule is N[C@@H](Cc1cn(CC2CCCCC2)c2ccccc12)C(=O)N[C@H]1CC[C@H](N)CC1. The third-order valence-corrected chi connectivity index (χ3v) is 6.95. The van der Waals surface area contributed by atoms with Crippen LogP contribution in [0.2, 0.25) is 0 Å². The second kappa shape index (κ2) is 9.31. The number of nitrogens with one attached hydrogen (secondary N) is 1. The Kier molecular flexibility index (Phi) is 6.56. The number of amides is 1. The highest BCUT2D eigenvalue weighted by Gasteiger charge is 2.24. The lowest BCUT2D eigenvalue weighted by Gasteiger charge is -2.27. The Morgan fingerprint density at radius 1 is 1.07 bits per heavy atom. The van der Waals surface area contributed by atoms with Gasteiger partial charge in [-0.05, 0) is 62.5 Å². The number of para-hydroxylation sites is 1. The summed E-state index contributed by atoms with van der Waals surface area (Å²) in [4.78, 5) is 12.7. The zero-order valence-electron chi connectivity index (χ0n) is 17.5. The van der Waals surface area contributed by atoms with Crippen LogP contribution in [0.5, 0.6) is 0 Å². The number of hydrogen-bond acceptors (Lipinski definition) is 3. The van der Waals surface area contributed by atoms with Crippen LogP contribution in [-0.2, 0) is 17.8 Å². The summed E-state index contributed by atoms with van der Waals surface area (Å²) in [5.41, 5.74) is 14.8. The van der Waals surface area contributed by atoms with Gasteiger partial charge in [0.1, 0.15) is 0 Å². The lowest BCUT2D eigenvalue weighted by atomic mass is 9.89. The first-order valence-electron chi connectivity index (χ1n) is 11.5. The van der Waals surface area contributed by atoms with Gasteiger partial charge in [0, 0.05) is 35.7 Å². The first kappa shape index (κ1) is 20.4. The average Bonchev–Trinajstić information content (AvgIpc) is 3.08. The number of nitrogens with zero attached hydrogens (tertiary/aromatic N) is 1. The van der Waals surface area contributed by atoms with Crippen molar-refractivity contribution in [3.63, 3.8) is 0 Å². The quantitative estimate of drug-likeness (QED) is 0.699. The van der Waals surface area contributed by atoms with E-state index in [0.717, 1.165) is 38.1 Å². The zero-order valence-corrected chi connectivity index (χ0v) is 17.5. The molecule has 5 nitrogen and oxygen atoms in total. The molecule has 2 saturated carbocycles. The summed E-state index contributed by atoms with van der Waals surface area (Å²) < 4.78 is 2.40. The van der Waals surface area contributed by atoms with Crippen LogP contribution in [-0.4, -0.2) is 28.6 Å². The van der Waals surface area contributed by atoms with Gasteiger partial charge in [0.05, 0.1) is 6.04 Å². The van der Waals surface area contributed by atoms with Crippen LogP contribution in [0.15, 0.2) is 30.5 Å². The maximum absolute atomic E-state index is 12.7. The predicted octanol–water partition coefficient (Wildman–Crippen LogP) is 3.48. The van der Waals surface area contributed by atoms with Gasteiger partial charge in [-0.1, -0.05) is 37.5 Å². The van der Waals surface area contributed by atoms with Crippen LogP contribution in [0.1, 0.15) is 63.4 Å². The van der Waals surface area contributed by atoms with E-state index < -0.39 is 6.04 Å². The molecule has 4 rings (SSSR count). The molecule has 0 aliphatic heterocycles. The molecule has 1 amide bonds. The van der Waals surface area contributed by atoms with E-state index in [2.05, 4.69) is 40.3 Å². The Morgan fingerprint density at radius 3 is 2.55 bits per heavy atom. The molecule has 1 atom stereocenters. The maximum Gasteiger partial charge on any atom is 0.237 e. The van der Waals surface area contributed by atoms with Crippen molar-refractivity contribution in [2.24, 2.45) is 17.4 Å². The number of benzene rings is 1. The number of aromatic nitrogens is 1. The molecule has 0 saturated heterocycles. The second-order valence-electron chi connectivity index (χ2n) is 9.26. The number of fused-ring (bicyclic) bond motifs is 1. The monoisotopic (exact) mass is 396 g/mol. The van der Waals surface area contributed by atoms with Gasteiger partial charge in [-0.15, -0.1) is 0 Å². The fraction of sp³-hybridized carbons (Fsp3) is 0.625. The molecule has 29 heavy (non-hydrogen) atoms. The highest BCUT2D eigenvalue weighted by molar-refractivity contribution is 5.86. The van der Waals surface area contributed by atoms with Gasteiger partial charge in [0.2, 0.25) is 5.91 Å². The average molecular weight is 397 g/mol. The molecule has 2 aliphatic carbocycles. The second-order valence-corrected chi connectivity index (χ2v) is 9.26. The summed E-state index contributed by atoms with van der Waals surface area (Å²) in [5, 5.41) is 4.39. The number of carbonyl (C=O) groups excluding carboxylic acids is 1. The van der Waals surface area contributed by atoms with Gasteiger partial charge in [-0.3, -0.25) is 4.79 Å². The van der Waals surface area contributed by atoms with Crippen LogP contribution < -0.4 is 16.8 Å². The molecular weight excluding hydrogens is 360 g/mol. The first-order chi connectivity index (χ1) is 14.1. The van der Waals surface area contributed by atoms with Crippen LogP contribution in [0, 0.1) is 5.92 Å². The summed E-state index contributed by atoms with van der Waals surface area (Å²) in [5.74, 6) is 0.733. The molecule has 158 valence electrons. The summed E-state index contributed by atoms with van der Waals surface area (Å²) in [7, 11) is 0. The summed E-state index contributed by atoms with van der Waals surface area (Å²) in [6.45, 7) is 1.07. The van der Waals surface area contributed by atoms with Gasteiger partial charge in [0.15, 0.2) is 0 Å². The lowest BCUT2D eigenvalue weighted by Crippen LogP contribution is -2.48. The van der Waals surface area contributed by atoms with Crippen molar-refractivity contribution in [3.8, 4) is 0 Å². The molecule has 2 aliphatic rings. The fourth-order valence-electron chi connectivity index (χ4n) is 5.19. The minimum Gasteiger partial charge on any atom is -0.352 e. The number of rotatable bonds is 6. The molecule has 1 aromatic heterocycles. The van der Waals surface area contributed by atoms with E-state index in [9.17, 15) is 4.79 Å². The fourth-order valence-corrected chi connectivity index (χ4v) is 5.19. The smallest absolute Gasteiger partial charge is 0.237 e. The molecule has 5 N–H and O–H groups in total. The van der Waals surface area contributed by atoms with Crippen LogP contribution >= 0.6 is 0 Å². The third-order valence-electron chi connectivity index (χ3n) is 6.95. The molecule has 0 unspecified atom stereocenters. The van der Waals surface area contributed by atoms with Gasteiger partial charge < -0.3 is 21.4 Å². The molecule has 2 aromatic rings. The Bertz CT molecular complexity index is 815. The van der Waals surface area contributed by atoms with Crippen LogP contribution in [0.25, 0.3) is 10.9 Å². The van der Waals surface area contributed by atoms with Crippen molar-refractivity contribution < 1.29 is 4.79 Å². The van der Waals surface area contributed by atoms with Gasteiger partial charge in [-0.25, -0.2) is 0 Å². The van der Waals surface area contributed by atoms with Gasteiger partial charge in [-0.2, -0.15) is 0 Å². The van der Waals surface area contributed by atoms with E-state index in [1.165, 1.54) is 48.6 Å². The molecule has 5 heteroatoms. The molecule has 1 aromatic carbocycles. The molecule has 1 heterocycles. The minimum absolute atomic E-state index is 0.0328. The Labute approximate surface area is 174 Å². The largest absolute Gasteiger partial charge is 0.352 e. The van der Waals surface area contributed by atoms with Crippen molar-refractivity contribution in [1.29, 1.82) is 0 Å². The van der Waals surface area contributed by atoms with E-state index in [4.69, 9.17) is 11.5 Å². The Morgan fingerprint density at radius 2 is 1.79 bits per heavy atom. The molecular formula is C24H36N4O. The normalized spacial score (nSPS) is 24.5. The number of hydrogen-bond donors (Lipinski definition) is 3. The number of carbonyl (C=O) groups is 1. The topological polar surface area (TPSA) is 86.1 Å². The summed E-state index contributed by atoms with van der Waals surface area (Å²) >= 11 is 0. The maximum atomic E-state index is 12.7. The van der Waals surface area contributed by atoms with Gasteiger partial charge >= 0.3 is 0 Å². The molecule has 0 radical (unpaired) electrons. The molecule has 0 bridgehead atoms. The summed E-state index contributed by atoms with van der Waals surface area (Å²) in [6, 6.07) is 8.53. The van der Waals surface area contributed by atoms with E-state index in [1.807, 2.05) is 0 Å². The Hall–Kier alpha value is -1.85. The van der Waals surface area contributed by atoms with Crippen molar-refractivity contribution in [2.75, 3.05) is 0 Å². The van der Waals surface area contributed by atoms with E-state index in [-0.39, 0.29) is 18.0 Å². The third kappa shape index (κ3) is 5.01. The Balaban J connectivity index is 1.43. The van der Waals surface area contributed by atoms with E-state index in [0.29, 0.717) is 6.42 Å². The van der Waals surface area contributed by atoms with E-state index in [1.54, 1.807) is 0 Å². The van der Waals surface area contributed by atoms with E-state index >= 15 is 0 Å².